The van der Waals surface area contributed by atoms with Crippen molar-refractivity contribution in [3.63, 3.8) is 0 Å². The predicted octanol–water partition coefficient (Wildman–Crippen LogP) is 4.88. The Kier molecular flexibility index (Phi) is 5.75. The van der Waals surface area contributed by atoms with E-state index in [0.717, 1.165) is 54.2 Å². The van der Waals surface area contributed by atoms with E-state index < -0.39 is 22.3 Å². The van der Waals surface area contributed by atoms with Gasteiger partial charge in [0.15, 0.2) is 0 Å². The molecule has 1 saturated heterocycles. The molecular formula is C23H26F3N3O2S. The van der Waals surface area contributed by atoms with E-state index in [9.17, 15) is 21.6 Å². The highest BCUT2D eigenvalue weighted by Gasteiger charge is 2.28. The molecule has 2 aromatic carbocycles. The first-order valence-corrected chi connectivity index (χ1v) is 11.9. The number of rotatable bonds is 4. The number of benzene rings is 2. The minimum Gasteiger partial charge on any atom is -0.369 e. The van der Waals surface area contributed by atoms with Crippen LogP contribution in [-0.4, -0.2) is 49.0 Å². The molecule has 0 aliphatic carbocycles. The van der Waals surface area contributed by atoms with Crippen LogP contribution in [-0.2, 0) is 10.0 Å². The highest BCUT2D eigenvalue weighted by atomic mass is 32.2. The molecule has 0 N–H and O–H groups in total. The van der Waals surface area contributed by atoms with Gasteiger partial charge in [-0.3, -0.25) is 4.90 Å². The second kappa shape index (κ2) is 8.12. The average Bonchev–Trinajstić information content (AvgIpc) is 3.13. The van der Waals surface area contributed by atoms with Gasteiger partial charge in [0.25, 0.3) is 16.4 Å². The number of anilines is 1. The molecule has 0 amide bonds. The molecule has 0 atom stereocenters. The minimum atomic E-state index is -4.24. The van der Waals surface area contributed by atoms with Gasteiger partial charge in [0.1, 0.15) is 5.82 Å². The Morgan fingerprint density at radius 2 is 1.66 bits per heavy atom. The largest absolute Gasteiger partial charge is 0.369 e. The molecule has 0 bridgehead atoms. The van der Waals surface area contributed by atoms with Gasteiger partial charge in [-0.1, -0.05) is 6.07 Å². The zero-order valence-electron chi connectivity index (χ0n) is 18.2. The summed E-state index contributed by atoms with van der Waals surface area (Å²) in [5, 5.41) is 0.177. The summed E-state index contributed by atoms with van der Waals surface area (Å²) in [6.45, 7) is 9.66. The van der Waals surface area contributed by atoms with Crippen LogP contribution in [0.2, 0.25) is 0 Å². The first-order valence-electron chi connectivity index (χ1n) is 10.4. The van der Waals surface area contributed by atoms with Gasteiger partial charge >= 0.3 is 0 Å². The van der Waals surface area contributed by atoms with E-state index in [1.807, 2.05) is 0 Å². The first-order chi connectivity index (χ1) is 15.0. The SMILES string of the molecule is CC(C)(C)N1CCN(c2ccc3c(c2)c(C(F)F)cn3S(=O)(=O)c2cccc(F)c2)CC1. The molecule has 2 heterocycles. The van der Waals surface area contributed by atoms with Crippen molar-refractivity contribution >= 4 is 26.6 Å². The van der Waals surface area contributed by atoms with Gasteiger partial charge in [-0.2, -0.15) is 0 Å². The zero-order valence-corrected chi connectivity index (χ0v) is 19.0. The van der Waals surface area contributed by atoms with Crippen LogP contribution in [0.15, 0.2) is 53.6 Å². The molecule has 1 aromatic heterocycles. The summed E-state index contributed by atoms with van der Waals surface area (Å²) in [5.74, 6) is -0.715. The van der Waals surface area contributed by atoms with Gasteiger partial charge in [0.2, 0.25) is 0 Å². The molecule has 0 saturated carbocycles. The van der Waals surface area contributed by atoms with Gasteiger partial charge in [-0.25, -0.2) is 25.6 Å². The minimum absolute atomic E-state index is 0.0569. The maximum atomic E-state index is 13.8. The van der Waals surface area contributed by atoms with Crippen molar-refractivity contribution in [3.8, 4) is 0 Å². The van der Waals surface area contributed by atoms with Gasteiger partial charge < -0.3 is 4.90 Å². The molecule has 1 aliphatic heterocycles. The number of hydrogen-bond donors (Lipinski definition) is 0. The lowest BCUT2D eigenvalue weighted by Gasteiger charge is -2.43. The molecule has 3 aromatic rings. The number of hydrogen-bond acceptors (Lipinski definition) is 4. The molecule has 5 nitrogen and oxygen atoms in total. The van der Waals surface area contributed by atoms with Gasteiger partial charge in [0, 0.05) is 54.6 Å². The Bertz CT molecular complexity index is 1240. The number of piperazine rings is 1. The smallest absolute Gasteiger partial charge is 0.268 e. The maximum Gasteiger partial charge on any atom is 0.268 e. The highest BCUT2D eigenvalue weighted by Crippen LogP contribution is 2.35. The topological polar surface area (TPSA) is 45.5 Å². The molecule has 4 rings (SSSR count). The molecule has 32 heavy (non-hydrogen) atoms. The van der Waals surface area contributed by atoms with Crippen molar-refractivity contribution in [3.05, 3.63) is 60.0 Å². The summed E-state index contributed by atoms with van der Waals surface area (Å²) in [5.41, 5.74) is 0.604. The van der Waals surface area contributed by atoms with Crippen LogP contribution in [0.3, 0.4) is 0 Å². The number of halogens is 3. The Balaban J connectivity index is 1.74. The number of alkyl halides is 2. The third-order valence-electron chi connectivity index (χ3n) is 5.97. The Hall–Kier alpha value is -2.52. The van der Waals surface area contributed by atoms with E-state index in [-0.39, 0.29) is 26.9 Å². The third kappa shape index (κ3) is 4.11. The highest BCUT2D eigenvalue weighted by molar-refractivity contribution is 7.90. The zero-order chi connectivity index (χ0) is 23.3. The second-order valence-corrected chi connectivity index (χ2v) is 10.8. The normalized spacial score (nSPS) is 16.3. The third-order valence-corrected chi connectivity index (χ3v) is 7.64. The lowest BCUT2D eigenvalue weighted by atomic mass is 10.0. The Labute approximate surface area is 186 Å². The number of nitrogens with zero attached hydrogens (tertiary/aromatic N) is 3. The fourth-order valence-electron chi connectivity index (χ4n) is 4.16. The van der Waals surface area contributed by atoms with Crippen molar-refractivity contribution in [1.29, 1.82) is 0 Å². The van der Waals surface area contributed by atoms with Crippen molar-refractivity contribution in [2.45, 2.75) is 37.6 Å². The molecule has 1 fully saturated rings. The first kappa shape index (κ1) is 22.7. The van der Waals surface area contributed by atoms with Gasteiger partial charge in [-0.05, 0) is 57.2 Å². The fraction of sp³-hybridized carbons (Fsp3) is 0.391. The maximum absolute atomic E-state index is 13.8. The Morgan fingerprint density at radius 1 is 0.969 bits per heavy atom. The van der Waals surface area contributed by atoms with E-state index in [1.54, 1.807) is 18.2 Å². The lowest BCUT2D eigenvalue weighted by molar-refractivity contribution is 0.128. The van der Waals surface area contributed by atoms with Crippen molar-refractivity contribution in [2.75, 3.05) is 31.1 Å². The average molecular weight is 466 g/mol. The molecule has 0 unspecified atom stereocenters. The lowest BCUT2D eigenvalue weighted by Crippen LogP contribution is -2.53. The summed E-state index contributed by atoms with van der Waals surface area (Å²) in [6, 6.07) is 9.45. The number of fused-ring (bicyclic) bond motifs is 1. The molecule has 1 aliphatic rings. The summed E-state index contributed by atoms with van der Waals surface area (Å²) < 4.78 is 68.3. The van der Waals surface area contributed by atoms with Crippen LogP contribution < -0.4 is 4.90 Å². The van der Waals surface area contributed by atoms with E-state index in [0.29, 0.717) is 0 Å². The van der Waals surface area contributed by atoms with Gasteiger partial charge in [-0.15, -0.1) is 0 Å². The molecular weight excluding hydrogens is 439 g/mol. The van der Waals surface area contributed by atoms with Crippen molar-refractivity contribution in [2.24, 2.45) is 0 Å². The van der Waals surface area contributed by atoms with E-state index in [4.69, 9.17) is 0 Å². The van der Waals surface area contributed by atoms with E-state index in [1.165, 1.54) is 12.1 Å². The molecule has 172 valence electrons. The summed E-state index contributed by atoms with van der Waals surface area (Å²) in [6.07, 6.45) is -1.91. The fourth-order valence-corrected chi connectivity index (χ4v) is 5.57. The van der Waals surface area contributed by atoms with Crippen molar-refractivity contribution in [1.82, 2.24) is 8.87 Å². The van der Waals surface area contributed by atoms with Gasteiger partial charge in [0.05, 0.1) is 10.4 Å². The monoisotopic (exact) mass is 465 g/mol. The quantitative estimate of drug-likeness (QED) is 0.551. The standard InChI is InChI=1S/C23H26F3N3O2S/c1-23(2,3)28-11-9-27(10-12-28)17-7-8-21-19(14-17)20(22(25)26)15-29(21)32(30,31)18-6-4-5-16(24)13-18/h4-8,13-15,22H,9-12H2,1-3H3. The molecule has 0 radical (unpaired) electrons. The summed E-state index contributed by atoms with van der Waals surface area (Å²) in [4.78, 5) is 4.20. The summed E-state index contributed by atoms with van der Waals surface area (Å²) >= 11 is 0. The molecule has 0 spiro atoms. The summed E-state index contributed by atoms with van der Waals surface area (Å²) in [7, 11) is -4.24. The van der Waals surface area contributed by atoms with E-state index >= 15 is 0 Å². The predicted molar refractivity (Wildman–Crippen MR) is 119 cm³/mol. The van der Waals surface area contributed by atoms with Crippen LogP contribution >= 0.6 is 0 Å². The second-order valence-electron chi connectivity index (χ2n) is 8.99. The number of aromatic nitrogens is 1. The van der Waals surface area contributed by atoms with Crippen LogP contribution in [0.5, 0.6) is 0 Å². The molecule has 9 heteroatoms. The van der Waals surface area contributed by atoms with E-state index in [2.05, 4.69) is 30.6 Å². The Morgan fingerprint density at radius 3 is 2.25 bits per heavy atom. The van der Waals surface area contributed by atoms with Crippen LogP contribution in [0.25, 0.3) is 10.9 Å². The van der Waals surface area contributed by atoms with Crippen molar-refractivity contribution < 1.29 is 21.6 Å². The van der Waals surface area contributed by atoms with Crippen LogP contribution in [0, 0.1) is 5.82 Å². The van der Waals surface area contributed by atoms with Crippen LogP contribution in [0.4, 0.5) is 18.9 Å². The van der Waals surface area contributed by atoms with Crippen LogP contribution in [0.1, 0.15) is 32.8 Å².